The molecule has 31 heavy (non-hydrogen) atoms. The van der Waals surface area contributed by atoms with Crippen molar-refractivity contribution < 1.29 is 19.4 Å². The minimum atomic E-state index is -0.575. The Morgan fingerprint density at radius 1 is 1.16 bits per heavy atom. The van der Waals surface area contributed by atoms with Gasteiger partial charge in [-0.25, -0.2) is 5.43 Å². The number of phenols is 1. The normalized spacial score (nSPS) is 11.4. The molecule has 0 saturated heterocycles. The molecule has 0 spiro atoms. The maximum atomic E-state index is 12.7. The number of ether oxygens (including phenoxy) is 1. The van der Waals surface area contributed by atoms with E-state index in [-0.39, 0.29) is 11.4 Å². The van der Waals surface area contributed by atoms with Gasteiger partial charge in [-0.3, -0.25) is 9.59 Å². The molecule has 158 valence electrons. The van der Waals surface area contributed by atoms with Gasteiger partial charge in [-0.2, -0.15) is 5.10 Å². The predicted molar refractivity (Wildman–Crippen MR) is 129 cm³/mol. The van der Waals surface area contributed by atoms with Crippen molar-refractivity contribution in [3.63, 3.8) is 0 Å². The zero-order valence-electron chi connectivity index (χ0n) is 16.3. The predicted octanol–water partition coefficient (Wildman–Crippen LogP) is 3.99. The number of phenolic OH excluding ortho intramolecular Hbond substituents is 1. The molecule has 0 fully saturated rings. The number of thiophene rings is 1. The zero-order valence-corrected chi connectivity index (χ0v) is 19.3. The molecule has 2 aromatic carbocycles. The Bertz CT molecular complexity index is 1130. The van der Waals surface area contributed by atoms with Crippen molar-refractivity contribution >= 4 is 58.0 Å². The molecular weight excluding hydrogens is 529 g/mol. The lowest BCUT2D eigenvalue weighted by Gasteiger charge is -2.09. The fraction of sp³-hybridized carbons (Fsp3) is 0.0455. The van der Waals surface area contributed by atoms with Crippen LogP contribution < -0.4 is 15.5 Å². The summed E-state index contributed by atoms with van der Waals surface area (Å²) in [6, 6.07) is 15.6. The molecule has 0 unspecified atom stereocenters. The second-order valence-corrected chi connectivity index (χ2v) is 8.29. The van der Waals surface area contributed by atoms with Crippen LogP contribution in [0.3, 0.4) is 0 Å². The fourth-order valence-electron chi connectivity index (χ4n) is 2.51. The van der Waals surface area contributed by atoms with Crippen molar-refractivity contribution in [2.24, 2.45) is 5.10 Å². The highest BCUT2D eigenvalue weighted by atomic mass is 127. The quantitative estimate of drug-likeness (QED) is 0.180. The lowest BCUT2D eigenvalue weighted by atomic mass is 10.2. The summed E-state index contributed by atoms with van der Waals surface area (Å²) in [7, 11) is 1.45. The number of hydrazone groups is 1. The van der Waals surface area contributed by atoms with Crippen LogP contribution in [0.1, 0.15) is 20.8 Å². The molecule has 1 aromatic heterocycles. The van der Waals surface area contributed by atoms with Crippen molar-refractivity contribution in [3.8, 4) is 11.5 Å². The zero-order chi connectivity index (χ0) is 22.2. The maximum Gasteiger partial charge on any atom is 0.287 e. The third-order valence-electron chi connectivity index (χ3n) is 4.01. The van der Waals surface area contributed by atoms with E-state index in [2.05, 4.69) is 15.8 Å². The standard InChI is InChI=1S/C22H18IN3O4S/c1-30-19-11-14(10-17(23)20(19)27)13-24-26-22(29)18(12-16-8-5-9-31-16)25-21(28)15-6-3-2-4-7-15/h2-13,27H,1H3,(H,25,28)(H,26,29)/b18-12+,24-13-. The molecule has 0 atom stereocenters. The molecule has 1 heterocycles. The van der Waals surface area contributed by atoms with Gasteiger partial charge in [0, 0.05) is 10.4 Å². The van der Waals surface area contributed by atoms with Crippen LogP contribution in [-0.4, -0.2) is 30.2 Å². The van der Waals surface area contributed by atoms with E-state index in [1.54, 1.807) is 48.5 Å². The van der Waals surface area contributed by atoms with Crippen LogP contribution in [0.15, 0.2) is 70.8 Å². The number of nitrogens with zero attached hydrogens (tertiary/aromatic N) is 1. The number of amides is 2. The van der Waals surface area contributed by atoms with Crippen LogP contribution in [0.25, 0.3) is 6.08 Å². The average molecular weight is 547 g/mol. The third kappa shape index (κ3) is 6.15. The number of carbonyl (C=O) groups excluding carboxylic acids is 2. The molecule has 3 aromatic rings. The number of rotatable bonds is 7. The number of hydrogen-bond acceptors (Lipinski definition) is 6. The van der Waals surface area contributed by atoms with Crippen LogP contribution >= 0.6 is 33.9 Å². The Balaban J connectivity index is 1.77. The largest absolute Gasteiger partial charge is 0.504 e. The minimum absolute atomic E-state index is 0.0362. The van der Waals surface area contributed by atoms with Crippen molar-refractivity contribution in [1.29, 1.82) is 0 Å². The highest BCUT2D eigenvalue weighted by molar-refractivity contribution is 14.1. The van der Waals surface area contributed by atoms with Crippen LogP contribution in [0.2, 0.25) is 0 Å². The minimum Gasteiger partial charge on any atom is -0.504 e. The van der Waals surface area contributed by atoms with E-state index in [0.29, 0.717) is 20.4 Å². The first kappa shape index (κ1) is 22.5. The first-order valence-corrected chi connectivity index (χ1v) is 10.9. The van der Waals surface area contributed by atoms with Gasteiger partial charge in [-0.05, 0) is 69.9 Å². The van der Waals surface area contributed by atoms with Crippen LogP contribution in [-0.2, 0) is 4.79 Å². The lowest BCUT2D eigenvalue weighted by Crippen LogP contribution is -2.32. The molecule has 3 N–H and O–H groups in total. The lowest BCUT2D eigenvalue weighted by molar-refractivity contribution is -0.117. The Morgan fingerprint density at radius 2 is 1.94 bits per heavy atom. The van der Waals surface area contributed by atoms with Gasteiger partial charge in [0.25, 0.3) is 11.8 Å². The van der Waals surface area contributed by atoms with E-state index in [1.807, 2.05) is 40.1 Å². The summed E-state index contributed by atoms with van der Waals surface area (Å²) in [5, 5.41) is 18.4. The molecule has 7 nitrogen and oxygen atoms in total. The van der Waals surface area contributed by atoms with Gasteiger partial charge in [0.1, 0.15) is 5.70 Å². The maximum absolute atomic E-state index is 12.7. The molecule has 9 heteroatoms. The van der Waals surface area contributed by atoms with Gasteiger partial charge >= 0.3 is 0 Å². The Morgan fingerprint density at radius 3 is 2.61 bits per heavy atom. The number of hydrogen-bond donors (Lipinski definition) is 3. The van der Waals surface area contributed by atoms with E-state index < -0.39 is 11.8 Å². The monoisotopic (exact) mass is 547 g/mol. The van der Waals surface area contributed by atoms with Gasteiger partial charge < -0.3 is 15.2 Å². The average Bonchev–Trinajstić information content (AvgIpc) is 3.29. The van der Waals surface area contributed by atoms with Crippen molar-refractivity contribution in [1.82, 2.24) is 10.7 Å². The second-order valence-electron chi connectivity index (χ2n) is 6.15. The first-order valence-electron chi connectivity index (χ1n) is 8.99. The van der Waals surface area contributed by atoms with Crippen molar-refractivity contribution in [2.45, 2.75) is 0 Å². The number of nitrogens with one attached hydrogen (secondary N) is 2. The summed E-state index contributed by atoms with van der Waals surface area (Å²) in [4.78, 5) is 26.0. The van der Waals surface area contributed by atoms with E-state index in [0.717, 1.165) is 4.88 Å². The fourth-order valence-corrected chi connectivity index (χ4v) is 3.79. The van der Waals surface area contributed by atoms with Crippen molar-refractivity contribution in [2.75, 3.05) is 7.11 Å². The first-order chi connectivity index (χ1) is 15.0. The Kier molecular flexibility index (Phi) is 7.79. The Hall–Kier alpha value is -3.18. The molecular formula is C22H18IN3O4S. The van der Waals surface area contributed by atoms with E-state index in [4.69, 9.17) is 4.74 Å². The SMILES string of the molecule is COc1cc(/C=N\NC(=O)/C(=C\c2cccs2)NC(=O)c2ccccc2)cc(I)c1O. The van der Waals surface area contributed by atoms with Gasteiger partial charge in [0.2, 0.25) is 0 Å². The highest BCUT2D eigenvalue weighted by Crippen LogP contribution is 2.31. The smallest absolute Gasteiger partial charge is 0.287 e. The molecule has 0 radical (unpaired) electrons. The third-order valence-corrected chi connectivity index (χ3v) is 5.65. The number of benzene rings is 2. The number of aromatic hydroxyl groups is 1. The summed E-state index contributed by atoms with van der Waals surface area (Å²) in [6.07, 6.45) is 3.01. The summed E-state index contributed by atoms with van der Waals surface area (Å²) in [5.74, 6) is -0.642. The van der Waals surface area contributed by atoms with Crippen molar-refractivity contribution in [3.05, 3.63) is 85.2 Å². The summed E-state index contributed by atoms with van der Waals surface area (Å²) >= 11 is 3.41. The Labute approximate surface area is 196 Å². The van der Waals surface area contributed by atoms with E-state index in [1.165, 1.54) is 24.7 Å². The molecule has 0 bridgehead atoms. The molecule has 0 saturated carbocycles. The summed E-state index contributed by atoms with van der Waals surface area (Å²) in [6.45, 7) is 0. The van der Waals surface area contributed by atoms with E-state index in [9.17, 15) is 14.7 Å². The van der Waals surface area contributed by atoms with E-state index >= 15 is 0 Å². The molecule has 2 amide bonds. The van der Waals surface area contributed by atoms with Crippen LogP contribution in [0, 0.1) is 3.57 Å². The number of halogens is 1. The summed E-state index contributed by atoms with van der Waals surface area (Å²) < 4.78 is 5.70. The second kappa shape index (κ2) is 10.7. The molecule has 0 aliphatic carbocycles. The van der Waals surface area contributed by atoms with Gasteiger partial charge in [-0.15, -0.1) is 11.3 Å². The number of methoxy groups -OCH3 is 1. The highest BCUT2D eigenvalue weighted by Gasteiger charge is 2.14. The molecule has 0 aliphatic rings. The van der Waals surface area contributed by atoms with Gasteiger partial charge in [-0.1, -0.05) is 24.3 Å². The van der Waals surface area contributed by atoms with Crippen LogP contribution in [0.5, 0.6) is 11.5 Å². The van der Waals surface area contributed by atoms with Gasteiger partial charge in [0.05, 0.1) is 16.9 Å². The molecule has 0 aliphatic heterocycles. The van der Waals surface area contributed by atoms with Crippen LogP contribution in [0.4, 0.5) is 0 Å². The van der Waals surface area contributed by atoms with Gasteiger partial charge in [0.15, 0.2) is 11.5 Å². The summed E-state index contributed by atoms with van der Waals surface area (Å²) in [5.41, 5.74) is 3.53. The molecule has 3 rings (SSSR count). The number of carbonyl (C=O) groups is 2. The topological polar surface area (TPSA) is 100 Å².